The Morgan fingerprint density at radius 3 is 2.41 bits per heavy atom. The van der Waals surface area contributed by atoms with Crippen LogP contribution in [0.15, 0.2) is 0 Å². The van der Waals surface area contributed by atoms with E-state index in [9.17, 15) is 9.59 Å². The van der Waals surface area contributed by atoms with Crippen LogP contribution in [-0.4, -0.2) is 48.6 Å². The second kappa shape index (κ2) is 5.52. The largest absolute Gasteiger partial charge is 0.371 e. The van der Waals surface area contributed by atoms with Crippen molar-refractivity contribution in [2.45, 2.75) is 50.5 Å². The number of rotatable bonds is 4. The highest BCUT2D eigenvalue weighted by molar-refractivity contribution is 5.81. The lowest BCUT2D eigenvalue weighted by molar-refractivity contribution is -0.192. The summed E-state index contributed by atoms with van der Waals surface area (Å²) in [7, 11) is 0. The normalized spacial score (nSPS) is 30.5. The van der Waals surface area contributed by atoms with Gasteiger partial charge in [-0.1, -0.05) is 6.42 Å². The van der Waals surface area contributed by atoms with Crippen molar-refractivity contribution in [3.05, 3.63) is 0 Å². The Hall–Kier alpha value is -1.10. The summed E-state index contributed by atoms with van der Waals surface area (Å²) in [4.78, 5) is 25.8. The van der Waals surface area contributed by atoms with Crippen LogP contribution in [0.25, 0.3) is 0 Å². The Kier molecular flexibility index (Phi) is 3.63. The molecule has 0 radical (unpaired) electrons. The van der Waals surface area contributed by atoms with Gasteiger partial charge in [-0.05, 0) is 44.4 Å². The van der Waals surface area contributed by atoms with Crippen molar-refractivity contribution >= 4 is 11.8 Å². The molecule has 2 heterocycles. The number of carbonyl (C=O) groups excluding carboxylic acids is 2. The van der Waals surface area contributed by atoms with Crippen LogP contribution in [0, 0.1) is 17.8 Å². The second-order valence-corrected chi connectivity index (χ2v) is 7.74. The molecular weight excluding hydrogens is 280 g/mol. The fraction of sp³-hybridized carbons (Fsp3) is 0.882. The Morgan fingerprint density at radius 1 is 1.09 bits per heavy atom. The third kappa shape index (κ3) is 2.75. The molecule has 0 aromatic rings. The molecule has 5 heteroatoms. The number of amides is 2. The minimum atomic E-state index is -0.0730. The molecule has 4 fully saturated rings. The molecule has 4 aliphatic rings. The predicted molar refractivity (Wildman–Crippen MR) is 81.1 cm³/mol. The monoisotopic (exact) mass is 306 g/mol. The molecule has 1 N–H and O–H groups in total. The van der Waals surface area contributed by atoms with Gasteiger partial charge in [-0.3, -0.25) is 9.59 Å². The third-order valence-corrected chi connectivity index (χ3v) is 5.87. The Bertz CT molecular complexity index is 455. The molecule has 0 aromatic carbocycles. The SMILES string of the molecule is O=C(NC[C@@H]1CCC2(CN(C(=O)C3CCC3)C2)OC1)C1CC1. The van der Waals surface area contributed by atoms with Crippen LogP contribution in [0.1, 0.15) is 44.9 Å². The lowest BCUT2D eigenvalue weighted by Crippen LogP contribution is -2.67. The summed E-state index contributed by atoms with van der Waals surface area (Å²) in [5.41, 5.74) is -0.0730. The van der Waals surface area contributed by atoms with Crippen LogP contribution in [-0.2, 0) is 14.3 Å². The van der Waals surface area contributed by atoms with E-state index < -0.39 is 0 Å². The van der Waals surface area contributed by atoms with Gasteiger partial charge in [-0.15, -0.1) is 0 Å². The summed E-state index contributed by atoms with van der Waals surface area (Å²) in [6.07, 6.45) is 7.59. The highest BCUT2D eigenvalue weighted by atomic mass is 16.5. The Labute approximate surface area is 131 Å². The summed E-state index contributed by atoms with van der Waals surface area (Å²) in [5.74, 6) is 1.59. The lowest BCUT2D eigenvalue weighted by Gasteiger charge is -2.54. The van der Waals surface area contributed by atoms with Crippen molar-refractivity contribution < 1.29 is 14.3 Å². The van der Waals surface area contributed by atoms with Crippen molar-refractivity contribution in [3.63, 3.8) is 0 Å². The van der Waals surface area contributed by atoms with E-state index in [0.717, 1.165) is 64.8 Å². The number of ether oxygens (including phenoxy) is 1. The van der Waals surface area contributed by atoms with Crippen LogP contribution >= 0.6 is 0 Å². The maximum Gasteiger partial charge on any atom is 0.225 e. The molecular formula is C17H26N2O3. The summed E-state index contributed by atoms with van der Waals surface area (Å²) < 4.78 is 6.09. The van der Waals surface area contributed by atoms with Crippen LogP contribution in [0.5, 0.6) is 0 Å². The van der Waals surface area contributed by atoms with Crippen LogP contribution < -0.4 is 5.32 Å². The van der Waals surface area contributed by atoms with Gasteiger partial charge >= 0.3 is 0 Å². The number of nitrogens with zero attached hydrogens (tertiary/aromatic N) is 1. The van der Waals surface area contributed by atoms with E-state index in [0.29, 0.717) is 17.7 Å². The van der Waals surface area contributed by atoms with Crippen LogP contribution in [0.3, 0.4) is 0 Å². The van der Waals surface area contributed by atoms with Crippen molar-refractivity contribution in [2.75, 3.05) is 26.2 Å². The summed E-state index contributed by atoms with van der Waals surface area (Å²) in [6, 6.07) is 0. The first-order chi connectivity index (χ1) is 10.7. The topological polar surface area (TPSA) is 58.6 Å². The second-order valence-electron chi connectivity index (χ2n) is 7.74. The molecule has 2 aliphatic carbocycles. The minimum absolute atomic E-state index is 0.0730. The van der Waals surface area contributed by atoms with Gasteiger partial charge in [-0.2, -0.15) is 0 Å². The molecule has 0 aromatic heterocycles. The zero-order chi connectivity index (χ0) is 15.2. The molecule has 122 valence electrons. The van der Waals surface area contributed by atoms with Gasteiger partial charge < -0.3 is 15.0 Å². The maximum absolute atomic E-state index is 12.2. The van der Waals surface area contributed by atoms with E-state index in [4.69, 9.17) is 4.74 Å². The highest BCUT2D eigenvalue weighted by Gasteiger charge is 2.49. The smallest absolute Gasteiger partial charge is 0.225 e. The van der Waals surface area contributed by atoms with Gasteiger partial charge in [0.15, 0.2) is 0 Å². The van der Waals surface area contributed by atoms with Gasteiger partial charge in [0, 0.05) is 18.4 Å². The van der Waals surface area contributed by atoms with E-state index in [2.05, 4.69) is 5.32 Å². The molecule has 4 rings (SSSR count). The summed E-state index contributed by atoms with van der Waals surface area (Å²) >= 11 is 0. The first-order valence-corrected chi connectivity index (χ1v) is 8.86. The fourth-order valence-corrected chi connectivity index (χ4v) is 3.78. The van der Waals surface area contributed by atoms with Gasteiger partial charge in [-0.25, -0.2) is 0 Å². The molecule has 2 amide bonds. The van der Waals surface area contributed by atoms with Crippen LogP contribution in [0.4, 0.5) is 0 Å². The van der Waals surface area contributed by atoms with Gasteiger partial charge in [0.2, 0.25) is 11.8 Å². The van der Waals surface area contributed by atoms with Crippen molar-refractivity contribution in [3.8, 4) is 0 Å². The number of carbonyl (C=O) groups is 2. The first-order valence-electron chi connectivity index (χ1n) is 8.86. The number of likely N-dealkylation sites (tertiary alicyclic amines) is 1. The number of hydrogen-bond acceptors (Lipinski definition) is 3. The van der Waals surface area contributed by atoms with E-state index in [1.165, 1.54) is 6.42 Å². The average molecular weight is 306 g/mol. The minimum Gasteiger partial charge on any atom is -0.371 e. The van der Waals surface area contributed by atoms with Crippen molar-refractivity contribution in [1.82, 2.24) is 10.2 Å². The standard InChI is InChI=1S/C17H26N2O3/c20-15(13-4-5-13)18-8-12-6-7-17(22-9-12)10-19(11-17)16(21)14-2-1-3-14/h12-14H,1-11H2,(H,18,20)/t12-/m0/s1. The maximum atomic E-state index is 12.2. The molecule has 0 unspecified atom stereocenters. The quantitative estimate of drug-likeness (QED) is 0.852. The van der Waals surface area contributed by atoms with E-state index in [1.807, 2.05) is 4.90 Å². The van der Waals surface area contributed by atoms with Gasteiger partial charge in [0.1, 0.15) is 5.60 Å². The van der Waals surface area contributed by atoms with E-state index in [1.54, 1.807) is 0 Å². The molecule has 1 spiro atoms. The highest BCUT2D eigenvalue weighted by Crippen LogP contribution is 2.38. The lowest BCUT2D eigenvalue weighted by atomic mass is 9.79. The van der Waals surface area contributed by atoms with Crippen molar-refractivity contribution in [1.29, 1.82) is 0 Å². The van der Waals surface area contributed by atoms with Crippen molar-refractivity contribution in [2.24, 2.45) is 17.8 Å². The predicted octanol–water partition coefficient (Wildman–Crippen LogP) is 1.32. The number of nitrogens with one attached hydrogen (secondary N) is 1. The summed E-state index contributed by atoms with van der Waals surface area (Å²) in [5, 5.41) is 3.05. The zero-order valence-electron chi connectivity index (χ0n) is 13.2. The fourth-order valence-electron chi connectivity index (χ4n) is 3.78. The first kappa shape index (κ1) is 14.5. The average Bonchev–Trinajstić information content (AvgIpc) is 3.25. The van der Waals surface area contributed by atoms with Crippen LogP contribution in [0.2, 0.25) is 0 Å². The molecule has 2 aliphatic heterocycles. The summed E-state index contributed by atoms with van der Waals surface area (Å²) in [6.45, 7) is 3.03. The number of hydrogen-bond donors (Lipinski definition) is 1. The molecule has 5 nitrogen and oxygen atoms in total. The van der Waals surface area contributed by atoms with E-state index >= 15 is 0 Å². The van der Waals surface area contributed by atoms with E-state index in [-0.39, 0.29) is 17.4 Å². The van der Waals surface area contributed by atoms with Gasteiger partial charge in [0.05, 0.1) is 19.7 Å². The zero-order valence-corrected chi connectivity index (χ0v) is 13.2. The molecule has 1 atom stereocenters. The molecule has 2 saturated heterocycles. The van der Waals surface area contributed by atoms with Gasteiger partial charge in [0.25, 0.3) is 0 Å². The molecule has 22 heavy (non-hydrogen) atoms. The Morgan fingerprint density at radius 2 is 1.86 bits per heavy atom. The Balaban J connectivity index is 1.18. The molecule has 0 bridgehead atoms. The third-order valence-electron chi connectivity index (χ3n) is 5.87. The molecule has 2 saturated carbocycles.